The molecule has 0 aromatic carbocycles. The van der Waals surface area contributed by atoms with Crippen LogP contribution in [0.3, 0.4) is 0 Å². The molecule has 0 saturated carbocycles. The Morgan fingerprint density at radius 2 is 2.10 bits per heavy atom. The Balaban J connectivity index is 2.31. The smallest absolute Gasteiger partial charge is 0.230 e. The summed E-state index contributed by atoms with van der Waals surface area (Å²) in [6, 6.07) is 0. The lowest BCUT2D eigenvalue weighted by Crippen LogP contribution is -2.57. The molecular weight excluding hydrogens is 254 g/mol. The Morgan fingerprint density at radius 1 is 1.40 bits per heavy atom. The first kappa shape index (κ1) is 15.5. The molecule has 1 spiro atoms. The van der Waals surface area contributed by atoms with Gasteiger partial charge in [0.25, 0.3) is 0 Å². The lowest BCUT2D eigenvalue weighted by molar-refractivity contribution is -0.166. The first-order valence-electron chi connectivity index (χ1n) is 7.78. The molecular formula is C16H27NO3. The van der Waals surface area contributed by atoms with Crippen LogP contribution in [0.15, 0.2) is 0 Å². The summed E-state index contributed by atoms with van der Waals surface area (Å²) in [6.45, 7) is 9.14. The molecule has 4 nitrogen and oxygen atoms in total. The molecule has 2 aliphatic rings. The highest BCUT2D eigenvalue weighted by atomic mass is 16.5. The van der Waals surface area contributed by atoms with Crippen molar-refractivity contribution in [2.24, 2.45) is 17.3 Å². The predicted molar refractivity (Wildman–Crippen MR) is 77.0 cm³/mol. The van der Waals surface area contributed by atoms with Gasteiger partial charge in [-0.2, -0.15) is 0 Å². The lowest BCUT2D eigenvalue weighted by Gasteiger charge is -2.51. The van der Waals surface area contributed by atoms with Crippen LogP contribution in [-0.4, -0.2) is 24.0 Å². The van der Waals surface area contributed by atoms with E-state index in [0.717, 1.165) is 25.7 Å². The first-order valence-corrected chi connectivity index (χ1v) is 7.78. The van der Waals surface area contributed by atoms with E-state index in [1.165, 1.54) is 0 Å². The second kappa shape index (κ2) is 5.47. The number of nitrogens with one attached hydrogen (secondary N) is 1. The summed E-state index contributed by atoms with van der Waals surface area (Å²) in [4.78, 5) is 24.2. The third-order valence-electron chi connectivity index (χ3n) is 5.06. The topological polar surface area (TPSA) is 55.4 Å². The number of carbonyl (C=O) groups excluding carboxylic acids is 2. The van der Waals surface area contributed by atoms with E-state index in [0.29, 0.717) is 18.9 Å². The van der Waals surface area contributed by atoms with Gasteiger partial charge in [0.15, 0.2) is 0 Å². The van der Waals surface area contributed by atoms with E-state index in [2.05, 4.69) is 33.0 Å². The Bertz CT molecular complexity index is 407. The van der Waals surface area contributed by atoms with Crippen molar-refractivity contribution in [2.75, 3.05) is 6.61 Å². The van der Waals surface area contributed by atoms with E-state index < -0.39 is 0 Å². The van der Waals surface area contributed by atoms with Crippen molar-refractivity contribution >= 4 is 11.8 Å². The second-order valence-electron chi connectivity index (χ2n) is 7.21. The van der Waals surface area contributed by atoms with Crippen LogP contribution in [0.5, 0.6) is 0 Å². The van der Waals surface area contributed by atoms with Crippen LogP contribution in [0.2, 0.25) is 0 Å². The number of imide groups is 1. The molecule has 2 rings (SSSR count). The maximum absolute atomic E-state index is 12.3. The Morgan fingerprint density at radius 3 is 2.70 bits per heavy atom. The third kappa shape index (κ3) is 2.90. The maximum Gasteiger partial charge on any atom is 0.230 e. The van der Waals surface area contributed by atoms with E-state index in [4.69, 9.17) is 4.74 Å². The molecule has 0 radical (unpaired) electrons. The van der Waals surface area contributed by atoms with Crippen LogP contribution in [0.1, 0.15) is 59.8 Å². The minimum Gasteiger partial charge on any atom is -0.375 e. The second-order valence-corrected chi connectivity index (χ2v) is 7.21. The number of piperidine rings is 1. The van der Waals surface area contributed by atoms with Gasteiger partial charge in [-0.15, -0.1) is 0 Å². The molecule has 0 aliphatic carbocycles. The number of hydrogen-bond donors (Lipinski definition) is 1. The minimum absolute atomic E-state index is 0.0602. The van der Waals surface area contributed by atoms with Gasteiger partial charge < -0.3 is 4.74 Å². The third-order valence-corrected chi connectivity index (χ3v) is 5.06. The number of hydrogen-bond acceptors (Lipinski definition) is 3. The van der Waals surface area contributed by atoms with E-state index in [1.54, 1.807) is 0 Å². The molecule has 3 atom stereocenters. The lowest BCUT2D eigenvalue weighted by atomic mass is 9.59. The molecule has 0 bridgehead atoms. The molecule has 4 heteroatoms. The van der Waals surface area contributed by atoms with Gasteiger partial charge in [-0.05, 0) is 43.9 Å². The maximum atomic E-state index is 12.3. The number of carbonyl (C=O) groups is 2. The Hall–Kier alpha value is -0.900. The highest BCUT2D eigenvalue weighted by Gasteiger charge is 2.53. The van der Waals surface area contributed by atoms with Gasteiger partial charge in [0.05, 0.1) is 5.60 Å². The zero-order valence-corrected chi connectivity index (χ0v) is 13.1. The highest BCUT2D eigenvalue weighted by molar-refractivity contribution is 5.99. The molecule has 2 heterocycles. The van der Waals surface area contributed by atoms with Gasteiger partial charge in [-0.3, -0.25) is 14.9 Å². The van der Waals surface area contributed by atoms with E-state index in [1.807, 2.05) is 0 Å². The van der Waals surface area contributed by atoms with Crippen LogP contribution in [0.4, 0.5) is 0 Å². The zero-order valence-electron chi connectivity index (χ0n) is 13.1. The molecule has 0 aromatic rings. The molecule has 3 unspecified atom stereocenters. The van der Waals surface area contributed by atoms with Gasteiger partial charge in [0, 0.05) is 18.9 Å². The largest absolute Gasteiger partial charge is 0.375 e. The summed E-state index contributed by atoms with van der Waals surface area (Å²) in [5.41, 5.74) is -0.405. The van der Waals surface area contributed by atoms with Crippen LogP contribution in [-0.2, 0) is 14.3 Å². The normalized spacial score (nSPS) is 38.4. The van der Waals surface area contributed by atoms with Gasteiger partial charge in [0.2, 0.25) is 11.8 Å². The van der Waals surface area contributed by atoms with Crippen molar-refractivity contribution in [3.63, 3.8) is 0 Å². The fourth-order valence-electron chi connectivity index (χ4n) is 3.88. The molecule has 0 aromatic heterocycles. The Kier molecular flexibility index (Phi) is 4.24. The molecule has 2 fully saturated rings. The summed E-state index contributed by atoms with van der Waals surface area (Å²) in [6.07, 6.45) is 3.86. The Labute approximate surface area is 121 Å². The van der Waals surface area contributed by atoms with Crippen LogP contribution in [0, 0.1) is 17.3 Å². The van der Waals surface area contributed by atoms with Gasteiger partial charge in [0.1, 0.15) is 0 Å². The van der Waals surface area contributed by atoms with Crippen LogP contribution in [0.25, 0.3) is 0 Å². The molecule has 2 amide bonds. The number of amides is 2. The van der Waals surface area contributed by atoms with Crippen LogP contribution >= 0.6 is 0 Å². The molecule has 2 saturated heterocycles. The monoisotopic (exact) mass is 281 g/mol. The summed E-state index contributed by atoms with van der Waals surface area (Å²) in [7, 11) is 0. The first-order chi connectivity index (χ1) is 9.30. The average molecular weight is 281 g/mol. The summed E-state index contributed by atoms with van der Waals surface area (Å²) in [5.74, 6) is 0.201. The van der Waals surface area contributed by atoms with Crippen molar-refractivity contribution in [2.45, 2.75) is 65.4 Å². The highest BCUT2D eigenvalue weighted by Crippen LogP contribution is 2.51. The fraction of sp³-hybridized carbons (Fsp3) is 0.875. The van der Waals surface area contributed by atoms with Crippen molar-refractivity contribution < 1.29 is 14.3 Å². The number of rotatable bonds is 3. The average Bonchev–Trinajstić information content (AvgIpc) is 2.34. The SMILES string of the molecule is CCC1(C)CC2(CCO1)CC(=O)NC(=O)C2CC(C)C. The van der Waals surface area contributed by atoms with Crippen molar-refractivity contribution in [1.82, 2.24) is 5.32 Å². The van der Waals surface area contributed by atoms with Crippen molar-refractivity contribution in [3.05, 3.63) is 0 Å². The van der Waals surface area contributed by atoms with E-state index >= 15 is 0 Å². The molecule has 20 heavy (non-hydrogen) atoms. The van der Waals surface area contributed by atoms with Gasteiger partial charge in [-0.25, -0.2) is 0 Å². The molecule has 1 N–H and O–H groups in total. The summed E-state index contributed by atoms with van der Waals surface area (Å²) >= 11 is 0. The number of ether oxygens (including phenoxy) is 1. The van der Waals surface area contributed by atoms with Crippen molar-refractivity contribution in [1.29, 1.82) is 0 Å². The van der Waals surface area contributed by atoms with Crippen LogP contribution < -0.4 is 5.32 Å². The summed E-state index contributed by atoms with van der Waals surface area (Å²) in [5, 5.41) is 2.53. The standard InChI is InChI=1S/C16H27NO3/c1-5-15(4)10-16(6-7-20-15)9-13(18)17-14(19)12(16)8-11(2)3/h11-12H,5-10H2,1-4H3,(H,17,18,19). The van der Waals surface area contributed by atoms with Gasteiger partial charge in [-0.1, -0.05) is 20.8 Å². The van der Waals surface area contributed by atoms with E-state index in [-0.39, 0.29) is 28.7 Å². The summed E-state index contributed by atoms with van der Waals surface area (Å²) < 4.78 is 5.92. The van der Waals surface area contributed by atoms with E-state index in [9.17, 15) is 9.59 Å². The fourth-order valence-corrected chi connectivity index (χ4v) is 3.88. The van der Waals surface area contributed by atoms with Gasteiger partial charge >= 0.3 is 0 Å². The molecule has 114 valence electrons. The minimum atomic E-state index is -0.203. The predicted octanol–water partition coefficient (Wildman–Crippen LogP) is 2.66. The molecule has 2 aliphatic heterocycles. The quantitative estimate of drug-likeness (QED) is 0.809. The zero-order chi connectivity index (χ0) is 15.0. The van der Waals surface area contributed by atoms with Crippen molar-refractivity contribution in [3.8, 4) is 0 Å².